The number of rotatable bonds is 3. The van der Waals surface area contributed by atoms with Crippen molar-refractivity contribution in [1.82, 2.24) is 5.43 Å². The molecular formula is C9H13CoN3O4+2. The fourth-order valence-electron chi connectivity index (χ4n) is 0.991. The zero-order valence-corrected chi connectivity index (χ0v) is 9.97. The number of methoxy groups -OCH3 is 1. The van der Waals surface area contributed by atoms with Crippen LogP contribution in [0.3, 0.4) is 0 Å². The van der Waals surface area contributed by atoms with Crippen molar-refractivity contribution in [2.45, 2.75) is 0 Å². The van der Waals surface area contributed by atoms with Crippen LogP contribution in [0.1, 0.15) is 5.56 Å². The molecule has 1 rings (SSSR count). The van der Waals surface area contributed by atoms with Crippen molar-refractivity contribution < 1.29 is 36.9 Å². The Hall–Kier alpha value is -1.77. The molecule has 0 aliphatic rings. The van der Waals surface area contributed by atoms with Gasteiger partial charge in [0.05, 0.1) is 18.9 Å². The standard InChI is InChI=1S/C9H11N3O3.Co.H2O/c1-15-7-4-2-3-6(8(7)13)5-11-12-9(10)14;;/h2-5,13H,1H3,(H3,10,12,14);;1H2/q;+2;. The number of ether oxygens (including phenoxy) is 1. The molecule has 0 bridgehead atoms. The fourth-order valence-corrected chi connectivity index (χ4v) is 0.991. The first-order chi connectivity index (χ1) is 7.15. The van der Waals surface area contributed by atoms with Gasteiger partial charge in [0.1, 0.15) is 0 Å². The molecule has 0 aromatic heterocycles. The largest absolute Gasteiger partial charge is 2.00 e. The van der Waals surface area contributed by atoms with Gasteiger partial charge >= 0.3 is 28.6 Å². The molecule has 0 saturated heterocycles. The van der Waals surface area contributed by atoms with E-state index in [1.54, 1.807) is 18.2 Å². The van der Waals surface area contributed by atoms with E-state index in [1.165, 1.54) is 13.3 Å². The Morgan fingerprint density at radius 2 is 2.24 bits per heavy atom. The van der Waals surface area contributed by atoms with Crippen LogP contribution in [0.4, 0.5) is 4.79 Å². The molecule has 0 saturated carbocycles. The maximum atomic E-state index is 10.3. The third kappa shape index (κ3) is 5.20. The van der Waals surface area contributed by atoms with Gasteiger partial charge in [0, 0.05) is 0 Å². The van der Waals surface area contributed by atoms with Crippen molar-refractivity contribution in [3.63, 3.8) is 0 Å². The summed E-state index contributed by atoms with van der Waals surface area (Å²) >= 11 is 0. The Morgan fingerprint density at radius 3 is 2.76 bits per heavy atom. The van der Waals surface area contributed by atoms with Gasteiger partial charge in [-0.3, -0.25) is 0 Å². The Balaban J connectivity index is 0. The van der Waals surface area contributed by atoms with Gasteiger partial charge in [0.25, 0.3) is 0 Å². The number of primary amides is 1. The molecule has 0 atom stereocenters. The van der Waals surface area contributed by atoms with E-state index >= 15 is 0 Å². The van der Waals surface area contributed by atoms with Crippen molar-refractivity contribution in [3.8, 4) is 11.5 Å². The van der Waals surface area contributed by atoms with Crippen molar-refractivity contribution >= 4 is 12.2 Å². The van der Waals surface area contributed by atoms with Gasteiger partial charge in [-0.1, -0.05) is 6.07 Å². The molecule has 1 aromatic rings. The van der Waals surface area contributed by atoms with Crippen molar-refractivity contribution in [1.29, 1.82) is 0 Å². The van der Waals surface area contributed by atoms with Crippen LogP contribution >= 0.6 is 0 Å². The number of hydrogen-bond acceptors (Lipinski definition) is 4. The second-order valence-corrected chi connectivity index (χ2v) is 2.66. The van der Waals surface area contributed by atoms with E-state index in [1.807, 2.05) is 5.43 Å². The van der Waals surface area contributed by atoms with Crippen LogP contribution in [0.15, 0.2) is 23.3 Å². The Morgan fingerprint density at radius 1 is 1.59 bits per heavy atom. The molecule has 1 radical (unpaired) electrons. The number of carbonyl (C=O) groups is 1. The molecule has 0 spiro atoms. The minimum atomic E-state index is -0.749. The van der Waals surface area contributed by atoms with Gasteiger partial charge in [-0.15, -0.1) is 0 Å². The summed E-state index contributed by atoms with van der Waals surface area (Å²) in [5.41, 5.74) is 7.39. The molecule has 6 N–H and O–H groups in total. The predicted octanol–water partition coefficient (Wildman–Crippen LogP) is -0.0440. The van der Waals surface area contributed by atoms with Gasteiger partial charge in [-0.05, 0) is 12.1 Å². The second-order valence-electron chi connectivity index (χ2n) is 2.66. The SMILES string of the molecule is COc1cccc(C=NNC(N)=O)c1[OH2+].[Co+2].[OH-]. The number of urea groups is 1. The molecule has 0 aliphatic heterocycles. The number of amides is 2. The summed E-state index contributed by atoms with van der Waals surface area (Å²) in [4.78, 5) is 10.3. The van der Waals surface area contributed by atoms with Gasteiger partial charge < -0.3 is 21.1 Å². The summed E-state index contributed by atoms with van der Waals surface area (Å²) in [6.07, 6.45) is 1.33. The quantitative estimate of drug-likeness (QED) is 0.459. The topological polar surface area (TPSA) is 130 Å². The van der Waals surface area contributed by atoms with Crippen molar-refractivity contribution in [2.75, 3.05) is 7.11 Å². The summed E-state index contributed by atoms with van der Waals surface area (Å²) < 4.78 is 4.95. The number of nitrogens with zero attached hydrogens (tertiary/aromatic N) is 1. The van der Waals surface area contributed by atoms with E-state index < -0.39 is 6.03 Å². The van der Waals surface area contributed by atoms with Crippen molar-refractivity contribution in [2.24, 2.45) is 10.8 Å². The molecule has 8 heteroatoms. The Bertz CT molecular complexity index is 398. The van der Waals surface area contributed by atoms with E-state index in [0.29, 0.717) is 11.3 Å². The summed E-state index contributed by atoms with van der Waals surface area (Å²) in [7, 11) is 1.48. The van der Waals surface area contributed by atoms with Crippen LogP contribution in [0.25, 0.3) is 0 Å². The first kappa shape index (κ1) is 17.6. The van der Waals surface area contributed by atoms with Crippen LogP contribution in [0, 0.1) is 0 Å². The van der Waals surface area contributed by atoms with Crippen LogP contribution in [0.5, 0.6) is 11.5 Å². The van der Waals surface area contributed by atoms with E-state index in [9.17, 15) is 4.79 Å². The Kier molecular flexibility index (Phi) is 8.69. The molecule has 0 fully saturated rings. The fraction of sp³-hybridized carbons (Fsp3) is 0.111. The number of para-hydroxylation sites is 1. The third-order valence-electron chi connectivity index (χ3n) is 1.66. The number of hydrogen-bond donors (Lipinski definition) is 2. The summed E-state index contributed by atoms with van der Waals surface area (Å²) in [5, 5.41) is 11.2. The molecule has 17 heavy (non-hydrogen) atoms. The number of benzene rings is 1. The Labute approximate surface area is 108 Å². The number of nitrogens with one attached hydrogen (secondary N) is 1. The molecular weight excluding hydrogens is 273 g/mol. The van der Waals surface area contributed by atoms with E-state index in [-0.39, 0.29) is 28.0 Å². The average Bonchev–Trinajstić information content (AvgIpc) is 2.20. The molecule has 1 aromatic carbocycles. The van der Waals surface area contributed by atoms with Gasteiger partial charge in [-0.2, -0.15) is 5.10 Å². The first-order valence-electron chi connectivity index (χ1n) is 4.12. The number of carbonyl (C=O) groups excluding carboxylic acids is 1. The van der Waals surface area contributed by atoms with Crippen LogP contribution in [-0.2, 0) is 16.8 Å². The maximum absolute atomic E-state index is 10.3. The zero-order valence-electron chi connectivity index (χ0n) is 8.93. The van der Waals surface area contributed by atoms with Gasteiger partial charge in [-0.25, -0.2) is 10.2 Å². The van der Waals surface area contributed by atoms with E-state index in [4.69, 9.17) is 15.6 Å². The third-order valence-corrected chi connectivity index (χ3v) is 1.66. The summed E-state index contributed by atoms with van der Waals surface area (Å²) in [5.74, 6) is 0.646. The maximum Gasteiger partial charge on any atom is 2.00 e. The zero-order chi connectivity index (χ0) is 11.3. The molecule has 7 nitrogen and oxygen atoms in total. The minimum Gasteiger partial charge on any atom is -0.870 e. The number of hydrazone groups is 1. The van der Waals surface area contributed by atoms with Gasteiger partial charge in [0.15, 0.2) is 0 Å². The van der Waals surface area contributed by atoms with Crippen LogP contribution in [0.2, 0.25) is 0 Å². The first-order valence-corrected chi connectivity index (χ1v) is 4.12. The van der Waals surface area contributed by atoms with Crippen molar-refractivity contribution in [3.05, 3.63) is 23.8 Å². The smallest absolute Gasteiger partial charge is 0.870 e. The molecule has 0 heterocycles. The minimum absolute atomic E-state index is 0. The summed E-state index contributed by atoms with van der Waals surface area (Å²) in [6.45, 7) is 0. The monoisotopic (exact) mass is 286 g/mol. The summed E-state index contributed by atoms with van der Waals surface area (Å²) in [6, 6.07) is 4.32. The molecule has 95 valence electrons. The molecule has 0 unspecified atom stereocenters. The molecule has 2 amide bonds. The van der Waals surface area contributed by atoms with E-state index in [0.717, 1.165) is 0 Å². The van der Waals surface area contributed by atoms with E-state index in [2.05, 4.69) is 5.10 Å². The van der Waals surface area contributed by atoms with Gasteiger partial charge in [0.2, 0.25) is 5.75 Å². The number of nitrogens with two attached hydrogens (primary N) is 1. The molecule has 0 aliphatic carbocycles. The second kappa shape index (κ2) is 8.39. The average molecular weight is 286 g/mol. The van der Waals surface area contributed by atoms with Crippen LogP contribution in [-0.4, -0.2) is 29.9 Å². The van der Waals surface area contributed by atoms with Crippen LogP contribution < -0.4 is 15.9 Å². The predicted molar refractivity (Wildman–Crippen MR) is 58.3 cm³/mol. The normalized spacial score (nSPS) is 9.00.